The molecule has 0 atom stereocenters. The molecule has 0 radical (unpaired) electrons. The molecule has 0 bridgehead atoms. The summed E-state index contributed by atoms with van der Waals surface area (Å²) in [5.74, 6) is 2.39. The van der Waals surface area contributed by atoms with Gasteiger partial charge >= 0.3 is 5.97 Å². The molecule has 102 valence electrons. The van der Waals surface area contributed by atoms with Crippen molar-refractivity contribution in [2.24, 2.45) is 5.92 Å². The molecular formula is C13H22N2O3. The molecule has 0 aliphatic carbocycles. The van der Waals surface area contributed by atoms with Crippen LogP contribution in [0.25, 0.3) is 0 Å². The molecular weight excluding hydrogens is 232 g/mol. The molecule has 18 heavy (non-hydrogen) atoms. The van der Waals surface area contributed by atoms with Crippen molar-refractivity contribution in [2.75, 3.05) is 33.3 Å². The van der Waals surface area contributed by atoms with Gasteiger partial charge in [0.2, 0.25) is 5.91 Å². The van der Waals surface area contributed by atoms with E-state index in [9.17, 15) is 9.59 Å². The normalized spacial score (nSPS) is 9.94. The Morgan fingerprint density at radius 3 is 2.61 bits per heavy atom. The van der Waals surface area contributed by atoms with Crippen LogP contribution in [0.15, 0.2) is 0 Å². The van der Waals surface area contributed by atoms with Gasteiger partial charge < -0.3 is 9.64 Å². The summed E-state index contributed by atoms with van der Waals surface area (Å²) < 4.78 is 4.56. The number of nitrogens with one attached hydrogen (secondary N) is 1. The summed E-state index contributed by atoms with van der Waals surface area (Å²) in [5.41, 5.74) is 0. The number of amides is 1. The van der Waals surface area contributed by atoms with Gasteiger partial charge in [0.15, 0.2) is 0 Å². The van der Waals surface area contributed by atoms with Crippen LogP contribution in [0.5, 0.6) is 0 Å². The molecule has 0 aliphatic heterocycles. The molecule has 5 nitrogen and oxygen atoms in total. The molecule has 0 saturated heterocycles. The van der Waals surface area contributed by atoms with Crippen LogP contribution >= 0.6 is 0 Å². The Hall–Kier alpha value is -1.54. The first-order valence-electron chi connectivity index (χ1n) is 6.00. The number of carbonyl (C=O) groups excluding carboxylic acids is 2. The topological polar surface area (TPSA) is 58.6 Å². The van der Waals surface area contributed by atoms with Crippen LogP contribution in [0.3, 0.4) is 0 Å². The van der Waals surface area contributed by atoms with Crippen molar-refractivity contribution >= 4 is 11.9 Å². The lowest BCUT2D eigenvalue weighted by molar-refractivity contribution is -0.141. The second-order valence-corrected chi connectivity index (χ2v) is 4.37. The highest BCUT2D eigenvalue weighted by Gasteiger charge is 2.15. The number of carbonyl (C=O) groups is 2. The van der Waals surface area contributed by atoms with Crippen LogP contribution in [-0.4, -0.2) is 50.1 Å². The number of hydrogen-bond acceptors (Lipinski definition) is 4. The number of rotatable bonds is 8. The van der Waals surface area contributed by atoms with Gasteiger partial charge in [-0.3, -0.25) is 14.9 Å². The minimum absolute atomic E-state index is 0.0529. The quantitative estimate of drug-likeness (QED) is 0.383. The van der Waals surface area contributed by atoms with Crippen molar-refractivity contribution in [3.8, 4) is 12.3 Å². The number of esters is 1. The predicted molar refractivity (Wildman–Crippen MR) is 69.8 cm³/mol. The largest absolute Gasteiger partial charge is 0.469 e. The third kappa shape index (κ3) is 7.69. The Balaban J connectivity index is 4.24. The van der Waals surface area contributed by atoms with Gasteiger partial charge in [-0.2, -0.15) is 0 Å². The van der Waals surface area contributed by atoms with Crippen molar-refractivity contribution < 1.29 is 14.3 Å². The Morgan fingerprint density at radius 1 is 1.44 bits per heavy atom. The van der Waals surface area contributed by atoms with E-state index in [2.05, 4.69) is 16.0 Å². The van der Waals surface area contributed by atoms with Gasteiger partial charge in [0.1, 0.15) is 0 Å². The van der Waals surface area contributed by atoms with E-state index in [0.717, 1.165) is 0 Å². The van der Waals surface area contributed by atoms with Crippen molar-refractivity contribution in [2.45, 2.75) is 20.3 Å². The molecule has 0 fully saturated rings. The molecule has 0 spiro atoms. The maximum absolute atomic E-state index is 11.9. The third-order valence-electron chi connectivity index (χ3n) is 2.26. The summed E-state index contributed by atoms with van der Waals surface area (Å²) in [5, 5.41) is 2.85. The summed E-state index contributed by atoms with van der Waals surface area (Å²) in [6.07, 6.45) is 5.30. The van der Waals surface area contributed by atoms with E-state index in [-0.39, 0.29) is 24.8 Å². The molecule has 0 aliphatic rings. The lowest BCUT2D eigenvalue weighted by atomic mass is 10.2. The van der Waals surface area contributed by atoms with E-state index in [1.807, 2.05) is 13.8 Å². The maximum atomic E-state index is 11.9. The number of nitrogens with zero attached hydrogens (tertiary/aromatic N) is 1. The molecule has 0 rings (SSSR count). The van der Waals surface area contributed by atoms with E-state index < -0.39 is 0 Å². The van der Waals surface area contributed by atoms with Gasteiger partial charge in [0, 0.05) is 13.1 Å². The zero-order valence-electron chi connectivity index (χ0n) is 11.4. The first-order valence-corrected chi connectivity index (χ1v) is 6.00. The predicted octanol–water partition coefficient (Wildman–Crippen LogP) is 0.257. The fourth-order valence-electron chi connectivity index (χ4n) is 1.44. The molecule has 5 heteroatoms. The second-order valence-electron chi connectivity index (χ2n) is 4.37. The van der Waals surface area contributed by atoms with E-state index in [0.29, 0.717) is 25.6 Å². The van der Waals surface area contributed by atoms with Crippen LogP contribution in [0.2, 0.25) is 0 Å². The van der Waals surface area contributed by atoms with E-state index in [1.54, 1.807) is 4.90 Å². The molecule has 0 unspecified atom stereocenters. The summed E-state index contributed by atoms with van der Waals surface area (Å²) >= 11 is 0. The molecule has 0 aromatic rings. The SMILES string of the molecule is C#CCNCC(=O)N(CCC(=O)OC)CC(C)C. The average molecular weight is 254 g/mol. The van der Waals surface area contributed by atoms with Crippen molar-refractivity contribution in [3.05, 3.63) is 0 Å². The summed E-state index contributed by atoms with van der Waals surface area (Å²) in [6, 6.07) is 0. The Morgan fingerprint density at radius 2 is 2.11 bits per heavy atom. The first kappa shape index (κ1) is 16.5. The maximum Gasteiger partial charge on any atom is 0.307 e. The third-order valence-corrected chi connectivity index (χ3v) is 2.26. The van der Waals surface area contributed by atoms with Gasteiger partial charge in [-0.05, 0) is 5.92 Å². The minimum Gasteiger partial charge on any atom is -0.469 e. The minimum atomic E-state index is -0.312. The average Bonchev–Trinajstić information content (AvgIpc) is 2.33. The molecule has 0 aromatic heterocycles. The Kier molecular flexibility index (Phi) is 8.67. The number of hydrogen-bond donors (Lipinski definition) is 1. The standard InChI is InChI=1S/C13H22N2O3/c1-5-7-14-9-12(16)15(10-11(2)3)8-6-13(17)18-4/h1,11,14H,6-10H2,2-4H3. The first-order chi connectivity index (χ1) is 8.51. The molecule has 0 aromatic carbocycles. The smallest absolute Gasteiger partial charge is 0.307 e. The highest BCUT2D eigenvalue weighted by Crippen LogP contribution is 2.01. The number of ether oxygens (including phenoxy) is 1. The molecule has 1 N–H and O–H groups in total. The van der Waals surface area contributed by atoms with Gasteiger partial charge in [0.05, 0.1) is 26.6 Å². The zero-order valence-corrected chi connectivity index (χ0v) is 11.4. The van der Waals surface area contributed by atoms with Gasteiger partial charge in [-0.1, -0.05) is 19.8 Å². The fraction of sp³-hybridized carbons (Fsp3) is 0.692. The molecule has 0 saturated carbocycles. The van der Waals surface area contributed by atoms with Gasteiger partial charge in [-0.25, -0.2) is 0 Å². The fourth-order valence-corrected chi connectivity index (χ4v) is 1.44. The van der Waals surface area contributed by atoms with Gasteiger partial charge in [0.25, 0.3) is 0 Å². The lowest BCUT2D eigenvalue weighted by Crippen LogP contribution is -2.41. The van der Waals surface area contributed by atoms with Gasteiger partial charge in [-0.15, -0.1) is 6.42 Å². The van der Waals surface area contributed by atoms with E-state index in [4.69, 9.17) is 6.42 Å². The van der Waals surface area contributed by atoms with Crippen molar-refractivity contribution in [1.29, 1.82) is 0 Å². The number of methoxy groups -OCH3 is 1. The van der Waals surface area contributed by atoms with Crippen LogP contribution < -0.4 is 5.32 Å². The van der Waals surface area contributed by atoms with Crippen molar-refractivity contribution in [3.63, 3.8) is 0 Å². The highest BCUT2D eigenvalue weighted by atomic mass is 16.5. The summed E-state index contributed by atoms with van der Waals surface area (Å²) in [6.45, 7) is 5.59. The monoisotopic (exact) mass is 254 g/mol. The van der Waals surface area contributed by atoms with Crippen LogP contribution in [0.1, 0.15) is 20.3 Å². The van der Waals surface area contributed by atoms with Crippen LogP contribution in [0, 0.1) is 18.3 Å². The zero-order chi connectivity index (χ0) is 14.0. The van der Waals surface area contributed by atoms with Crippen molar-refractivity contribution in [1.82, 2.24) is 10.2 Å². The summed E-state index contributed by atoms with van der Waals surface area (Å²) in [7, 11) is 1.34. The molecule has 1 amide bonds. The van der Waals surface area contributed by atoms with E-state index >= 15 is 0 Å². The lowest BCUT2D eigenvalue weighted by Gasteiger charge is -2.24. The van der Waals surface area contributed by atoms with Crippen LogP contribution in [-0.2, 0) is 14.3 Å². The second kappa shape index (κ2) is 9.49. The highest BCUT2D eigenvalue weighted by molar-refractivity contribution is 5.79. The van der Waals surface area contributed by atoms with E-state index in [1.165, 1.54) is 7.11 Å². The van der Waals surface area contributed by atoms with Crippen LogP contribution in [0.4, 0.5) is 0 Å². The molecule has 0 heterocycles. The Labute approximate surface area is 109 Å². The summed E-state index contributed by atoms with van der Waals surface area (Å²) in [4.78, 5) is 24.6. The Bertz CT molecular complexity index is 308. The number of terminal acetylenes is 1.